The van der Waals surface area contributed by atoms with Gasteiger partial charge in [0.15, 0.2) is 5.69 Å². The zero-order chi connectivity index (χ0) is 14.5. The van der Waals surface area contributed by atoms with E-state index in [1.807, 2.05) is 12.1 Å². The lowest BCUT2D eigenvalue weighted by atomic mass is 10.3. The van der Waals surface area contributed by atoms with Gasteiger partial charge in [0.05, 0.1) is 10.5 Å². The van der Waals surface area contributed by atoms with Gasteiger partial charge in [-0.3, -0.25) is 4.79 Å². The van der Waals surface area contributed by atoms with Crippen molar-refractivity contribution in [2.45, 2.75) is 13.0 Å². The smallest absolute Gasteiger partial charge is 0.358 e. The van der Waals surface area contributed by atoms with Crippen LogP contribution in [0.3, 0.4) is 0 Å². The van der Waals surface area contributed by atoms with Gasteiger partial charge in [0.25, 0.3) is 0 Å². The predicted octanol–water partition coefficient (Wildman–Crippen LogP) is 1.05. The van der Waals surface area contributed by atoms with Crippen molar-refractivity contribution in [1.29, 1.82) is 0 Å². The Labute approximate surface area is 123 Å². The van der Waals surface area contributed by atoms with Crippen LogP contribution in [0.5, 0.6) is 0 Å². The van der Waals surface area contributed by atoms with E-state index in [1.165, 1.54) is 22.2 Å². The Balaban J connectivity index is 1.76. The largest absolute Gasteiger partial charge is 0.476 e. The Hall–Kier alpha value is -1.93. The van der Waals surface area contributed by atoms with Crippen LogP contribution in [0.1, 0.15) is 15.4 Å². The number of carboxylic acid groups (broad SMARTS) is 1. The maximum absolute atomic E-state index is 11.6. The Morgan fingerprint density at radius 3 is 2.85 bits per heavy atom. The van der Waals surface area contributed by atoms with E-state index in [-0.39, 0.29) is 18.1 Å². The van der Waals surface area contributed by atoms with Gasteiger partial charge in [0.2, 0.25) is 5.91 Å². The SMILES string of the molecule is O=C(Cn1cc(C(=O)O)nn1)NCCc1ccc(Cl)s1. The van der Waals surface area contributed by atoms with E-state index in [1.54, 1.807) is 0 Å². The first-order valence-corrected chi connectivity index (χ1v) is 6.88. The molecule has 2 aromatic heterocycles. The quantitative estimate of drug-likeness (QED) is 0.830. The summed E-state index contributed by atoms with van der Waals surface area (Å²) in [5, 5.41) is 18.4. The summed E-state index contributed by atoms with van der Waals surface area (Å²) >= 11 is 7.27. The van der Waals surface area contributed by atoms with E-state index in [9.17, 15) is 9.59 Å². The Morgan fingerprint density at radius 2 is 2.25 bits per heavy atom. The number of aromatic carboxylic acids is 1. The fourth-order valence-corrected chi connectivity index (χ4v) is 2.57. The molecule has 2 N–H and O–H groups in total. The number of amides is 1. The second-order valence-corrected chi connectivity index (χ2v) is 5.71. The van der Waals surface area contributed by atoms with Crippen molar-refractivity contribution in [2.24, 2.45) is 0 Å². The minimum Gasteiger partial charge on any atom is -0.476 e. The van der Waals surface area contributed by atoms with Crippen LogP contribution in [0.4, 0.5) is 0 Å². The van der Waals surface area contributed by atoms with Crippen molar-refractivity contribution in [2.75, 3.05) is 6.54 Å². The van der Waals surface area contributed by atoms with Gasteiger partial charge in [0.1, 0.15) is 6.54 Å². The summed E-state index contributed by atoms with van der Waals surface area (Å²) in [7, 11) is 0. The Morgan fingerprint density at radius 1 is 1.45 bits per heavy atom. The summed E-state index contributed by atoms with van der Waals surface area (Å²) in [4.78, 5) is 23.3. The number of nitrogens with one attached hydrogen (secondary N) is 1. The highest BCUT2D eigenvalue weighted by Gasteiger charge is 2.10. The molecule has 0 radical (unpaired) electrons. The van der Waals surface area contributed by atoms with E-state index >= 15 is 0 Å². The second-order valence-electron chi connectivity index (χ2n) is 3.91. The number of carbonyl (C=O) groups excluding carboxylic acids is 1. The van der Waals surface area contributed by atoms with Crippen LogP contribution in [-0.2, 0) is 17.8 Å². The van der Waals surface area contributed by atoms with Crippen LogP contribution in [-0.4, -0.2) is 38.5 Å². The molecule has 7 nitrogen and oxygen atoms in total. The maximum Gasteiger partial charge on any atom is 0.358 e. The van der Waals surface area contributed by atoms with Crippen molar-refractivity contribution in [3.05, 3.63) is 33.2 Å². The second kappa shape index (κ2) is 6.49. The molecular formula is C11H11ClN4O3S. The van der Waals surface area contributed by atoms with Crippen molar-refractivity contribution in [3.8, 4) is 0 Å². The van der Waals surface area contributed by atoms with Crippen LogP contribution in [0.2, 0.25) is 4.34 Å². The molecule has 0 saturated heterocycles. The molecule has 0 spiro atoms. The minimum atomic E-state index is -1.17. The van der Waals surface area contributed by atoms with Gasteiger partial charge in [0, 0.05) is 11.4 Å². The van der Waals surface area contributed by atoms with E-state index in [0.29, 0.717) is 13.0 Å². The molecule has 0 bridgehead atoms. The molecule has 1 amide bonds. The third kappa shape index (κ3) is 4.04. The van der Waals surface area contributed by atoms with Gasteiger partial charge in [-0.15, -0.1) is 16.4 Å². The van der Waals surface area contributed by atoms with Gasteiger partial charge in [-0.25, -0.2) is 9.48 Å². The summed E-state index contributed by atoms with van der Waals surface area (Å²) in [6.45, 7) is 0.418. The molecule has 0 atom stereocenters. The molecule has 9 heteroatoms. The number of carboxylic acids is 1. The number of nitrogens with zero attached hydrogens (tertiary/aromatic N) is 3. The summed E-state index contributed by atoms with van der Waals surface area (Å²) in [5.74, 6) is -1.43. The number of carbonyl (C=O) groups is 2. The molecule has 2 heterocycles. The number of hydrogen-bond donors (Lipinski definition) is 2. The third-order valence-corrected chi connectivity index (χ3v) is 3.68. The van der Waals surface area contributed by atoms with Crippen LogP contribution in [0, 0.1) is 0 Å². The van der Waals surface area contributed by atoms with Crippen molar-refractivity contribution in [3.63, 3.8) is 0 Å². The number of aromatic nitrogens is 3. The number of rotatable bonds is 6. The number of halogens is 1. The molecule has 0 fully saturated rings. The Bertz CT molecular complexity index is 625. The topological polar surface area (TPSA) is 97.1 Å². The molecule has 0 aliphatic rings. The van der Waals surface area contributed by atoms with Crippen molar-refractivity contribution in [1.82, 2.24) is 20.3 Å². The van der Waals surface area contributed by atoms with Crippen molar-refractivity contribution < 1.29 is 14.7 Å². The van der Waals surface area contributed by atoms with Gasteiger partial charge < -0.3 is 10.4 Å². The maximum atomic E-state index is 11.6. The lowest BCUT2D eigenvalue weighted by Gasteiger charge is -2.03. The molecule has 2 rings (SSSR count). The molecule has 0 aliphatic heterocycles. The fraction of sp³-hybridized carbons (Fsp3) is 0.273. The summed E-state index contributed by atoms with van der Waals surface area (Å²) in [6, 6.07) is 3.72. The first-order chi connectivity index (χ1) is 9.54. The number of hydrogen-bond acceptors (Lipinski definition) is 5. The minimum absolute atomic E-state index is 0.0640. The van der Waals surface area contributed by atoms with E-state index < -0.39 is 5.97 Å². The summed E-state index contributed by atoms with van der Waals surface area (Å²) < 4.78 is 1.90. The van der Waals surface area contributed by atoms with Crippen LogP contribution in [0.25, 0.3) is 0 Å². The van der Waals surface area contributed by atoms with E-state index in [2.05, 4.69) is 15.6 Å². The lowest BCUT2D eigenvalue weighted by molar-refractivity contribution is -0.121. The molecule has 106 valence electrons. The third-order valence-electron chi connectivity index (χ3n) is 2.39. The van der Waals surface area contributed by atoms with Crippen LogP contribution >= 0.6 is 22.9 Å². The highest BCUT2D eigenvalue weighted by atomic mass is 35.5. The monoisotopic (exact) mass is 314 g/mol. The predicted molar refractivity (Wildman–Crippen MR) is 73.0 cm³/mol. The normalized spacial score (nSPS) is 10.4. The van der Waals surface area contributed by atoms with Gasteiger partial charge >= 0.3 is 5.97 Å². The number of thiophene rings is 1. The molecular weight excluding hydrogens is 304 g/mol. The molecule has 20 heavy (non-hydrogen) atoms. The first-order valence-electron chi connectivity index (χ1n) is 5.69. The Kier molecular flexibility index (Phi) is 4.70. The van der Waals surface area contributed by atoms with Gasteiger partial charge in [-0.2, -0.15) is 0 Å². The van der Waals surface area contributed by atoms with E-state index in [0.717, 1.165) is 9.21 Å². The highest BCUT2D eigenvalue weighted by molar-refractivity contribution is 7.16. The summed E-state index contributed by atoms with van der Waals surface area (Å²) in [5.41, 5.74) is -0.189. The highest BCUT2D eigenvalue weighted by Crippen LogP contribution is 2.21. The standard InChI is InChI=1S/C11H11ClN4O3S/c12-9-2-1-7(20-9)3-4-13-10(17)6-16-5-8(11(18)19)14-15-16/h1-2,5H,3-4,6H2,(H,13,17)(H,18,19). The van der Waals surface area contributed by atoms with E-state index in [4.69, 9.17) is 16.7 Å². The van der Waals surface area contributed by atoms with Gasteiger partial charge in [-0.05, 0) is 18.6 Å². The van der Waals surface area contributed by atoms with Gasteiger partial charge in [-0.1, -0.05) is 16.8 Å². The first kappa shape index (κ1) is 14.5. The zero-order valence-electron chi connectivity index (χ0n) is 10.2. The molecule has 0 unspecified atom stereocenters. The average molecular weight is 315 g/mol. The fourth-order valence-electron chi connectivity index (χ4n) is 1.49. The lowest BCUT2D eigenvalue weighted by Crippen LogP contribution is -2.29. The zero-order valence-corrected chi connectivity index (χ0v) is 11.8. The summed E-state index contributed by atoms with van der Waals surface area (Å²) in [6.07, 6.45) is 1.90. The van der Waals surface area contributed by atoms with Crippen molar-refractivity contribution >= 4 is 34.8 Å². The average Bonchev–Trinajstić information content (AvgIpc) is 2.99. The van der Waals surface area contributed by atoms with Crippen LogP contribution in [0.15, 0.2) is 18.3 Å². The molecule has 0 aromatic carbocycles. The molecule has 2 aromatic rings. The molecule has 0 aliphatic carbocycles. The molecule has 0 saturated carbocycles. The van der Waals surface area contributed by atoms with Crippen LogP contribution < -0.4 is 5.32 Å².